The molecule has 2 saturated heterocycles. The van der Waals surface area contributed by atoms with Gasteiger partial charge in [0.25, 0.3) is 0 Å². The third kappa shape index (κ3) is 2.03. The van der Waals surface area contributed by atoms with E-state index in [0.717, 1.165) is 41.2 Å². The highest BCUT2D eigenvalue weighted by Crippen LogP contribution is 2.38. The van der Waals surface area contributed by atoms with Gasteiger partial charge in [-0.15, -0.1) is 0 Å². The van der Waals surface area contributed by atoms with E-state index in [1.165, 1.54) is 6.42 Å². The molecule has 1 N–H and O–H groups in total. The van der Waals surface area contributed by atoms with E-state index in [1.807, 2.05) is 18.2 Å². The van der Waals surface area contributed by atoms with Gasteiger partial charge in [0.1, 0.15) is 0 Å². The molecular weight excluding hydrogens is 310 g/mol. The van der Waals surface area contributed by atoms with Gasteiger partial charge in [-0.05, 0) is 37.6 Å². The molecule has 2 bridgehead atoms. The number of halogens is 1. The van der Waals surface area contributed by atoms with Crippen LogP contribution in [0.5, 0.6) is 0 Å². The van der Waals surface area contributed by atoms with E-state index in [9.17, 15) is 0 Å². The lowest BCUT2D eigenvalue weighted by atomic mass is 10.1. The van der Waals surface area contributed by atoms with Crippen LogP contribution >= 0.6 is 11.6 Å². The summed E-state index contributed by atoms with van der Waals surface area (Å²) in [6.07, 6.45) is 5.41. The van der Waals surface area contributed by atoms with E-state index in [0.29, 0.717) is 12.1 Å². The maximum Gasteiger partial charge on any atom is 0.176 e. The Balaban J connectivity index is 1.65. The quantitative estimate of drug-likeness (QED) is 0.796. The topological polar surface area (TPSA) is 43.2 Å². The zero-order valence-corrected chi connectivity index (χ0v) is 13.7. The van der Waals surface area contributed by atoms with E-state index in [4.69, 9.17) is 21.6 Å². The minimum absolute atomic E-state index is 0.171. The smallest absolute Gasteiger partial charge is 0.176 e. The van der Waals surface area contributed by atoms with E-state index >= 15 is 0 Å². The van der Waals surface area contributed by atoms with Crippen LogP contribution in [-0.4, -0.2) is 47.8 Å². The Morgan fingerprint density at radius 3 is 3.00 bits per heavy atom. The molecule has 0 spiro atoms. The summed E-state index contributed by atoms with van der Waals surface area (Å²) in [7, 11) is 0. The number of amidine groups is 2. The molecule has 23 heavy (non-hydrogen) atoms. The van der Waals surface area contributed by atoms with Gasteiger partial charge in [-0.25, -0.2) is 4.99 Å². The molecule has 6 heteroatoms. The summed E-state index contributed by atoms with van der Waals surface area (Å²) in [4.78, 5) is 14.4. The van der Waals surface area contributed by atoms with Gasteiger partial charge in [-0.3, -0.25) is 9.89 Å². The van der Waals surface area contributed by atoms with Crippen molar-refractivity contribution in [3.8, 4) is 0 Å². The summed E-state index contributed by atoms with van der Waals surface area (Å²) >= 11 is 6.19. The number of aliphatic imine (C=N–C) groups is 2. The van der Waals surface area contributed by atoms with E-state index in [1.54, 1.807) is 0 Å². The monoisotopic (exact) mass is 327 g/mol. The average Bonchev–Trinajstić information content (AvgIpc) is 3.17. The van der Waals surface area contributed by atoms with Crippen LogP contribution in [0.1, 0.15) is 13.3 Å². The molecule has 5 rings (SSSR count). The second kappa shape index (κ2) is 4.82. The summed E-state index contributed by atoms with van der Waals surface area (Å²) in [5.74, 6) is 1.95. The van der Waals surface area contributed by atoms with Gasteiger partial charge in [-0.1, -0.05) is 11.6 Å². The molecular formula is C17H18ClN5. The summed E-state index contributed by atoms with van der Waals surface area (Å²) in [5, 5.41) is 4.27. The molecule has 4 aliphatic heterocycles. The Morgan fingerprint density at radius 2 is 2.22 bits per heavy atom. The van der Waals surface area contributed by atoms with Gasteiger partial charge in [0, 0.05) is 36.4 Å². The first-order chi connectivity index (χ1) is 11.2. The second-order valence-electron chi connectivity index (χ2n) is 6.62. The molecule has 3 unspecified atom stereocenters. The van der Waals surface area contributed by atoms with Crippen molar-refractivity contribution in [1.82, 2.24) is 10.2 Å². The molecule has 0 saturated carbocycles. The molecule has 4 aliphatic rings. The fraction of sp³-hybridized carbons (Fsp3) is 0.412. The second-order valence-corrected chi connectivity index (χ2v) is 7.06. The molecule has 1 aromatic carbocycles. The van der Waals surface area contributed by atoms with Gasteiger partial charge in [0.15, 0.2) is 11.7 Å². The summed E-state index contributed by atoms with van der Waals surface area (Å²) in [6, 6.07) is 7.14. The SMILES string of the molecule is CC1C=CN2C(=N1)C(N1CC3CC1CN3)=Nc1ccc(Cl)cc12. The van der Waals surface area contributed by atoms with Crippen LogP contribution in [0.3, 0.4) is 0 Å². The van der Waals surface area contributed by atoms with Crippen LogP contribution in [0.15, 0.2) is 40.5 Å². The largest absolute Gasteiger partial charge is 0.348 e. The lowest BCUT2D eigenvalue weighted by Crippen LogP contribution is -2.53. The van der Waals surface area contributed by atoms with Crippen molar-refractivity contribution in [2.45, 2.75) is 31.5 Å². The first-order valence-electron chi connectivity index (χ1n) is 8.13. The highest BCUT2D eigenvalue weighted by atomic mass is 35.5. The number of hydrogen-bond acceptors (Lipinski definition) is 5. The van der Waals surface area contributed by atoms with Gasteiger partial charge in [-0.2, -0.15) is 0 Å². The zero-order chi connectivity index (χ0) is 15.6. The van der Waals surface area contributed by atoms with Crippen molar-refractivity contribution >= 4 is 34.6 Å². The normalized spacial score (nSPS) is 31.0. The summed E-state index contributed by atoms with van der Waals surface area (Å²) in [6.45, 7) is 4.15. The van der Waals surface area contributed by atoms with Gasteiger partial charge < -0.3 is 10.2 Å². The summed E-state index contributed by atoms with van der Waals surface area (Å²) < 4.78 is 0. The molecule has 0 amide bonds. The molecule has 1 aromatic rings. The molecule has 5 nitrogen and oxygen atoms in total. The maximum absolute atomic E-state index is 6.19. The van der Waals surface area contributed by atoms with Crippen LogP contribution < -0.4 is 10.2 Å². The molecule has 2 fully saturated rings. The Bertz CT molecular complexity index is 768. The lowest BCUT2D eigenvalue weighted by molar-refractivity contribution is 0.347. The van der Waals surface area contributed by atoms with Crippen LogP contribution in [-0.2, 0) is 0 Å². The van der Waals surface area contributed by atoms with Gasteiger partial charge in [0.05, 0.1) is 17.4 Å². The van der Waals surface area contributed by atoms with Crippen LogP contribution in [0.4, 0.5) is 11.4 Å². The lowest BCUT2D eigenvalue weighted by Gasteiger charge is -2.38. The predicted octanol–water partition coefficient (Wildman–Crippen LogP) is 2.55. The van der Waals surface area contributed by atoms with Crippen LogP contribution in [0.25, 0.3) is 0 Å². The first kappa shape index (κ1) is 13.6. The van der Waals surface area contributed by atoms with Crippen molar-refractivity contribution in [2.24, 2.45) is 9.98 Å². The highest BCUT2D eigenvalue weighted by molar-refractivity contribution is 6.48. The third-order valence-corrected chi connectivity index (χ3v) is 5.25. The van der Waals surface area contributed by atoms with Gasteiger partial charge in [0.2, 0.25) is 0 Å². The number of rotatable bonds is 0. The van der Waals surface area contributed by atoms with Crippen molar-refractivity contribution < 1.29 is 0 Å². The Labute approximate surface area is 140 Å². The number of likely N-dealkylation sites (tertiary alicyclic amines) is 1. The van der Waals surface area contributed by atoms with E-state index in [-0.39, 0.29) is 6.04 Å². The van der Waals surface area contributed by atoms with E-state index < -0.39 is 0 Å². The van der Waals surface area contributed by atoms with Crippen molar-refractivity contribution in [3.63, 3.8) is 0 Å². The van der Waals surface area contributed by atoms with E-state index in [2.05, 4.69) is 34.3 Å². The standard InChI is InChI=1S/C17H18ClN5/c1-10-4-5-22-15-6-11(18)2-3-14(15)21-17(16(22)20-10)23-9-12-7-13(23)8-19-12/h2-6,10,12-13,19H,7-9H2,1H3. The van der Waals surface area contributed by atoms with Crippen molar-refractivity contribution in [1.29, 1.82) is 0 Å². The molecule has 0 aromatic heterocycles. The van der Waals surface area contributed by atoms with Crippen LogP contribution in [0.2, 0.25) is 5.02 Å². The third-order valence-electron chi connectivity index (χ3n) is 5.02. The fourth-order valence-corrected chi connectivity index (χ4v) is 4.07. The van der Waals surface area contributed by atoms with Gasteiger partial charge >= 0.3 is 0 Å². The number of piperazine rings is 1. The summed E-state index contributed by atoms with van der Waals surface area (Å²) in [5.41, 5.74) is 1.96. The minimum atomic E-state index is 0.171. The Hall–Kier alpha value is -1.85. The molecule has 4 heterocycles. The zero-order valence-electron chi connectivity index (χ0n) is 12.9. The Morgan fingerprint density at radius 1 is 1.30 bits per heavy atom. The molecule has 3 atom stereocenters. The molecule has 118 valence electrons. The van der Waals surface area contributed by atoms with Crippen molar-refractivity contribution in [3.05, 3.63) is 35.5 Å². The number of benzene rings is 1. The number of nitrogens with zero attached hydrogens (tertiary/aromatic N) is 4. The average molecular weight is 328 g/mol. The van der Waals surface area contributed by atoms with Crippen molar-refractivity contribution in [2.75, 3.05) is 18.0 Å². The predicted molar refractivity (Wildman–Crippen MR) is 94.0 cm³/mol. The fourth-order valence-electron chi connectivity index (χ4n) is 3.90. The number of hydrogen-bond donors (Lipinski definition) is 1. The minimum Gasteiger partial charge on any atom is -0.348 e. The molecule has 0 aliphatic carbocycles. The maximum atomic E-state index is 6.19. The highest BCUT2D eigenvalue weighted by Gasteiger charge is 2.42. The number of fused-ring (bicyclic) bond motifs is 5. The Kier molecular flexibility index (Phi) is 2.85. The number of anilines is 1. The first-order valence-corrected chi connectivity index (χ1v) is 8.51. The molecule has 0 radical (unpaired) electrons. The van der Waals surface area contributed by atoms with Crippen LogP contribution in [0, 0.1) is 0 Å². The number of nitrogens with one attached hydrogen (secondary N) is 1.